The first kappa shape index (κ1) is 25.3. The Hall–Kier alpha value is -4.37. The number of carbonyl (C=O) groups excluding carboxylic acids is 1. The Balaban J connectivity index is 1.30. The number of amides is 1. The maximum Gasteiger partial charge on any atom is 0.230 e. The van der Waals surface area contributed by atoms with Crippen molar-refractivity contribution in [3.8, 4) is 23.2 Å². The zero-order valence-electron chi connectivity index (χ0n) is 20.5. The number of likely N-dealkylation sites (tertiary alicyclic amines) is 1. The van der Waals surface area contributed by atoms with Gasteiger partial charge in [-0.25, -0.2) is 18.7 Å². The van der Waals surface area contributed by atoms with Gasteiger partial charge in [0.15, 0.2) is 12.0 Å². The van der Waals surface area contributed by atoms with E-state index < -0.39 is 12.3 Å². The molecule has 0 bridgehead atoms. The molecule has 3 heterocycles. The lowest BCUT2D eigenvalue weighted by atomic mass is 10.1. The number of nitrogens with one attached hydrogen (secondary N) is 2. The second kappa shape index (κ2) is 11.4. The number of carbonyl (C=O) groups is 1. The number of nitrogens with zero attached hydrogens (tertiary/aromatic N) is 6. The van der Waals surface area contributed by atoms with Crippen molar-refractivity contribution in [3.05, 3.63) is 54.1 Å². The molecule has 0 saturated carbocycles. The lowest BCUT2D eigenvalue weighted by Gasteiger charge is -2.32. The molecule has 38 heavy (non-hydrogen) atoms. The molecular formula is C26H26F2N8O2. The molecule has 2 fully saturated rings. The van der Waals surface area contributed by atoms with E-state index in [-0.39, 0.29) is 29.6 Å². The average Bonchev–Trinajstić information content (AvgIpc) is 2.95. The summed E-state index contributed by atoms with van der Waals surface area (Å²) in [6.07, 6.45) is 0.158. The van der Waals surface area contributed by atoms with Gasteiger partial charge < -0.3 is 25.2 Å². The van der Waals surface area contributed by atoms with Gasteiger partial charge in [-0.15, -0.1) is 0 Å². The number of alkyl halides is 1. The van der Waals surface area contributed by atoms with Gasteiger partial charge in [0, 0.05) is 50.4 Å². The predicted octanol–water partition coefficient (Wildman–Crippen LogP) is 2.65. The molecule has 2 aliphatic rings. The third-order valence-electron chi connectivity index (χ3n) is 6.53. The van der Waals surface area contributed by atoms with Crippen molar-refractivity contribution in [1.29, 1.82) is 5.26 Å². The minimum absolute atomic E-state index is 0.0445. The number of hydrogen-bond acceptors (Lipinski definition) is 9. The van der Waals surface area contributed by atoms with Gasteiger partial charge in [0.2, 0.25) is 12.4 Å². The molecule has 0 spiro atoms. The second-order valence-corrected chi connectivity index (χ2v) is 9.04. The fourth-order valence-electron chi connectivity index (χ4n) is 4.53. The van der Waals surface area contributed by atoms with E-state index in [1.807, 2.05) is 4.90 Å². The summed E-state index contributed by atoms with van der Waals surface area (Å²) in [5.41, 5.74) is 1.77. The van der Waals surface area contributed by atoms with Gasteiger partial charge in [0.1, 0.15) is 30.1 Å². The van der Waals surface area contributed by atoms with Gasteiger partial charge in [-0.05, 0) is 36.4 Å². The Labute approximate surface area is 218 Å². The quantitative estimate of drug-likeness (QED) is 0.453. The Morgan fingerprint density at radius 1 is 1.16 bits per heavy atom. The van der Waals surface area contributed by atoms with E-state index in [0.717, 1.165) is 26.2 Å². The zero-order chi connectivity index (χ0) is 26.5. The monoisotopic (exact) mass is 520 g/mol. The summed E-state index contributed by atoms with van der Waals surface area (Å²) in [4.78, 5) is 27.0. The number of piperazine rings is 1. The molecule has 12 heteroatoms. The molecule has 2 aliphatic heterocycles. The van der Waals surface area contributed by atoms with Crippen LogP contribution in [-0.4, -0.2) is 77.8 Å². The van der Waals surface area contributed by atoms with Crippen LogP contribution in [0.5, 0.6) is 5.75 Å². The maximum absolute atomic E-state index is 14.8. The number of hydrogen-bond donors (Lipinski definition) is 2. The summed E-state index contributed by atoms with van der Waals surface area (Å²) in [5.74, 6) is 0.417. The molecule has 2 aromatic carbocycles. The van der Waals surface area contributed by atoms with E-state index >= 15 is 0 Å². The van der Waals surface area contributed by atoms with Crippen molar-refractivity contribution in [1.82, 2.24) is 25.2 Å². The van der Waals surface area contributed by atoms with Gasteiger partial charge in [-0.1, -0.05) is 0 Å². The van der Waals surface area contributed by atoms with Gasteiger partial charge in [0.25, 0.3) is 0 Å². The van der Waals surface area contributed by atoms with Crippen LogP contribution in [0, 0.1) is 17.1 Å². The number of rotatable bonds is 7. The average molecular weight is 521 g/mol. The topological polar surface area (TPSA) is 119 Å². The number of ether oxygens (including phenoxy) is 1. The van der Waals surface area contributed by atoms with Crippen LogP contribution in [0.2, 0.25) is 0 Å². The lowest BCUT2D eigenvalue weighted by molar-refractivity contribution is -0.121. The highest BCUT2D eigenvalue weighted by Crippen LogP contribution is 2.29. The smallest absolute Gasteiger partial charge is 0.230 e. The van der Waals surface area contributed by atoms with E-state index in [9.17, 15) is 18.8 Å². The first-order valence-corrected chi connectivity index (χ1v) is 12.3. The number of nitriles is 1. The fraction of sp³-hybridized carbons (Fsp3) is 0.346. The molecule has 1 aromatic heterocycles. The number of halogens is 2. The molecule has 3 aromatic rings. The molecular weight excluding hydrogens is 494 g/mol. The van der Waals surface area contributed by atoms with E-state index in [1.54, 1.807) is 30.3 Å². The maximum atomic E-state index is 14.8. The molecule has 2 N–H and O–H groups in total. The summed E-state index contributed by atoms with van der Waals surface area (Å²) in [5, 5.41) is 15.9. The minimum Gasteiger partial charge on any atom is -0.486 e. The standard InChI is InChI=1S/C26H26F2N8O2/c27-20-12-19(2-3-22(20)36-9-6-30-7-10-36)33-26-32-15-31-25(34-26)17-1-4-23(18(11-17)13-29)38-24-5-8-35(16-37)14-21(24)28/h1-4,11-12,15-16,21,24,30H,5-10,14H2,(H,31,32,33,34)/t21-,24?/m1/s1. The van der Waals surface area contributed by atoms with E-state index in [0.29, 0.717) is 42.1 Å². The number of aromatic nitrogens is 3. The van der Waals surface area contributed by atoms with Crippen LogP contribution in [0.4, 0.5) is 26.1 Å². The van der Waals surface area contributed by atoms with Gasteiger partial charge in [0.05, 0.1) is 17.8 Å². The van der Waals surface area contributed by atoms with Crippen molar-refractivity contribution in [2.75, 3.05) is 49.5 Å². The normalized spacial score (nSPS) is 19.5. The Morgan fingerprint density at radius 3 is 2.74 bits per heavy atom. The SMILES string of the molecule is N#Cc1cc(-c2ncnc(Nc3ccc(N4CCNCC4)c(F)c3)n2)ccc1OC1CCN(C=O)C[C@H]1F. The van der Waals surface area contributed by atoms with E-state index in [4.69, 9.17) is 4.74 Å². The van der Waals surface area contributed by atoms with Crippen LogP contribution in [0.3, 0.4) is 0 Å². The van der Waals surface area contributed by atoms with Crippen molar-refractivity contribution in [2.45, 2.75) is 18.7 Å². The van der Waals surface area contributed by atoms with Gasteiger partial charge >= 0.3 is 0 Å². The summed E-state index contributed by atoms with van der Waals surface area (Å²) < 4.78 is 35.0. The molecule has 5 rings (SSSR count). The first-order chi connectivity index (χ1) is 18.5. The third kappa shape index (κ3) is 5.63. The Morgan fingerprint density at radius 2 is 2.00 bits per heavy atom. The molecule has 0 radical (unpaired) electrons. The highest BCUT2D eigenvalue weighted by atomic mass is 19.1. The van der Waals surface area contributed by atoms with Gasteiger partial charge in [-0.2, -0.15) is 10.2 Å². The summed E-state index contributed by atoms with van der Waals surface area (Å²) >= 11 is 0. The largest absolute Gasteiger partial charge is 0.486 e. The highest BCUT2D eigenvalue weighted by molar-refractivity contribution is 5.64. The van der Waals surface area contributed by atoms with Crippen molar-refractivity contribution in [3.63, 3.8) is 0 Å². The van der Waals surface area contributed by atoms with E-state index in [1.165, 1.54) is 17.3 Å². The molecule has 1 unspecified atom stereocenters. The molecule has 0 aliphatic carbocycles. The second-order valence-electron chi connectivity index (χ2n) is 9.04. The van der Waals surface area contributed by atoms with Gasteiger partial charge in [-0.3, -0.25) is 4.79 Å². The molecule has 1 amide bonds. The number of benzene rings is 2. The van der Waals surface area contributed by atoms with E-state index in [2.05, 4.69) is 31.7 Å². The minimum atomic E-state index is -1.35. The zero-order valence-corrected chi connectivity index (χ0v) is 20.5. The van der Waals surface area contributed by atoms with Crippen LogP contribution in [0.15, 0.2) is 42.7 Å². The van der Waals surface area contributed by atoms with Crippen molar-refractivity contribution in [2.24, 2.45) is 0 Å². The summed E-state index contributed by atoms with van der Waals surface area (Å²) in [6, 6.07) is 11.8. The lowest BCUT2D eigenvalue weighted by Crippen LogP contribution is -2.46. The Kier molecular flexibility index (Phi) is 7.55. The highest BCUT2D eigenvalue weighted by Gasteiger charge is 2.31. The molecule has 2 atom stereocenters. The molecule has 2 saturated heterocycles. The fourth-order valence-corrected chi connectivity index (χ4v) is 4.53. The van der Waals surface area contributed by atoms with Crippen LogP contribution in [-0.2, 0) is 4.79 Å². The molecule has 10 nitrogen and oxygen atoms in total. The van der Waals surface area contributed by atoms with Crippen molar-refractivity contribution >= 4 is 23.7 Å². The van der Waals surface area contributed by atoms with Crippen molar-refractivity contribution < 1.29 is 18.3 Å². The van der Waals surface area contributed by atoms with Crippen LogP contribution >= 0.6 is 0 Å². The number of piperidine rings is 1. The summed E-state index contributed by atoms with van der Waals surface area (Å²) in [7, 11) is 0. The molecule has 196 valence electrons. The third-order valence-corrected chi connectivity index (χ3v) is 6.53. The van der Waals surface area contributed by atoms with Crippen LogP contribution in [0.25, 0.3) is 11.4 Å². The first-order valence-electron chi connectivity index (χ1n) is 12.3. The predicted molar refractivity (Wildman–Crippen MR) is 136 cm³/mol. The summed E-state index contributed by atoms with van der Waals surface area (Å²) in [6.45, 7) is 3.44. The van der Waals surface area contributed by atoms with Crippen LogP contribution < -0.4 is 20.3 Å². The van der Waals surface area contributed by atoms with Crippen LogP contribution in [0.1, 0.15) is 12.0 Å². The Bertz CT molecular complexity index is 1350. The number of anilines is 3.